The van der Waals surface area contributed by atoms with Gasteiger partial charge in [0.1, 0.15) is 5.82 Å². The van der Waals surface area contributed by atoms with Crippen molar-refractivity contribution in [3.05, 3.63) is 53.2 Å². The van der Waals surface area contributed by atoms with Crippen LogP contribution in [-0.4, -0.2) is 11.0 Å². The molecule has 1 aromatic carbocycles. The Balaban J connectivity index is 1.61. The molecular formula is C18H21N3. The van der Waals surface area contributed by atoms with Crippen LogP contribution in [0.4, 0.5) is 11.5 Å². The van der Waals surface area contributed by atoms with Crippen molar-refractivity contribution in [1.29, 1.82) is 0 Å². The lowest BCUT2D eigenvalue weighted by molar-refractivity contribution is 0.773. The van der Waals surface area contributed by atoms with Gasteiger partial charge in [-0.25, -0.2) is 4.98 Å². The number of hydrogen-bond acceptors (Lipinski definition) is 3. The van der Waals surface area contributed by atoms with Crippen LogP contribution in [0.3, 0.4) is 0 Å². The third-order valence-electron chi connectivity index (χ3n) is 4.53. The van der Waals surface area contributed by atoms with Gasteiger partial charge in [0.15, 0.2) is 0 Å². The van der Waals surface area contributed by atoms with Crippen LogP contribution in [0.2, 0.25) is 0 Å². The van der Waals surface area contributed by atoms with Gasteiger partial charge in [0.05, 0.1) is 0 Å². The van der Waals surface area contributed by atoms with Crippen LogP contribution in [0.15, 0.2) is 36.4 Å². The Kier molecular flexibility index (Phi) is 3.06. The van der Waals surface area contributed by atoms with Crippen molar-refractivity contribution in [1.82, 2.24) is 4.98 Å². The average molecular weight is 279 g/mol. The van der Waals surface area contributed by atoms with Crippen LogP contribution in [0.25, 0.3) is 0 Å². The van der Waals surface area contributed by atoms with Crippen LogP contribution >= 0.6 is 0 Å². The molecule has 0 amide bonds. The molecule has 0 spiro atoms. The zero-order valence-corrected chi connectivity index (χ0v) is 12.3. The minimum atomic E-state index is 0.662. The maximum absolute atomic E-state index is 5.78. The van der Waals surface area contributed by atoms with E-state index in [9.17, 15) is 0 Å². The highest BCUT2D eigenvalue weighted by Gasteiger charge is 2.30. The summed E-state index contributed by atoms with van der Waals surface area (Å²) < 4.78 is 0. The Bertz CT molecular complexity index is 644. The number of fused-ring (bicyclic) bond motifs is 1. The summed E-state index contributed by atoms with van der Waals surface area (Å²) in [7, 11) is 0. The third kappa shape index (κ3) is 2.60. The molecule has 21 heavy (non-hydrogen) atoms. The lowest BCUT2D eigenvalue weighted by Gasteiger charge is -2.24. The van der Waals surface area contributed by atoms with E-state index in [-0.39, 0.29) is 0 Å². The molecule has 2 aliphatic carbocycles. The minimum Gasteiger partial charge on any atom is -0.399 e. The van der Waals surface area contributed by atoms with Gasteiger partial charge in [-0.1, -0.05) is 18.2 Å². The van der Waals surface area contributed by atoms with E-state index in [2.05, 4.69) is 29.2 Å². The smallest absolute Gasteiger partial charge is 0.129 e. The highest BCUT2D eigenvalue weighted by Crippen LogP contribution is 2.33. The normalized spacial score (nSPS) is 16.8. The van der Waals surface area contributed by atoms with Crippen molar-refractivity contribution in [3.63, 3.8) is 0 Å². The van der Waals surface area contributed by atoms with Gasteiger partial charge in [0, 0.05) is 24.0 Å². The van der Waals surface area contributed by atoms with Crippen molar-refractivity contribution >= 4 is 11.5 Å². The second-order valence-electron chi connectivity index (χ2n) is 6.23. The van der Waals surface area contributed by atoms with E-state index < -0.39 is 0 Å². The Morgan fingerprint density at radius 2 is 1.86 bits per heavy atom. The predicted molar refractivity (Wildman–Crippen MR) is 86.3 cm³/mol. The van der Waals surface area contributed by atoms with Crippen molar-refractivity contribution in [2.45, 2.75) is 44.7 Å². The first-order chi connectivity index (χ1) is 10.3. The van der Waals surface area contributed by atoms with E-state index in [0.29, 0.717) is 6.04 Å². The fourth-order valence-electron chi connectivity index (χ4n) is 3.17. The second-order valence-corrected chi connectivity index (χ2v) is 6.23. The average Bonchev–Trinajstić information content (AvgIpc) is 3.23. The van der Waals surface area contributed by atoms with Gasteiger partial charge in [-0.05, 0) is 61.4 Å². The largest absolute Gasteiger partial charge is 0.399 e. The number of pyridine rings is 1. The number of nitrogens with two attached hydrogens (primary N) is 1. The Hall–Kier alpha value is -2.03. The third-order valence-corrected chi connectivity index (χ3v) is 4.53. The predicted octanol–water partition coefficient (Wildman–Crippen LogP) is 3.32. The molecule has 3 heteroatoms. The van der Waals surface area contributed by atoms with Crippen molar-refractivity contribution in [2.24, 2.45) is 0 Å². The van der Waals surface area contributed by atoms with E-state index in [1.807, 2.05) is 12.1 Å². The summed E-state index contributed by atoms with van der Waals surface area (Å²) in [6, 6.07) is 13.4. The molecule has 1 heterocycles. The number of aromatic nitrogens is 1. The van der Waals surface area contributed by atoms with Gasteiger partial charge in [-0.3, -0.25) is 0 Å². The van der Waals surface area contributed by atoms with Crippen molar-refractivity contribution < 1.29 is 0 Å². The minimum absolute atomic E-state index is 0.662. The summed E-state index contributed by atoms with van der Waals surface area (Å²) in [6.45, 7) is 0.927. The molecule has 1 fully saturated rings. The number of anilines is 2. The lowest BCUT2D eigenvalue weighted by atomic mass is 10.2. The summed E-state index contributed by atoms with van der Waals surface area (Å²) in [5.74, 6) is 1.15. The molecule has 0 aliphatic heterocycles. The van der Waals surface area contributed by atoms with Gasteiger partial charge < -0.3 is 10.6 Å². The molecule has 1 aromatic heterocycles. The van der Waals surface area contributed by atoms with E-state index in [0.717, 1.165) is 24.5 Å². The summed E-state index contributed by atoms with van der Waals surface area (Å²) >= 11 is 0. The molecule has 2 N–H and O–H groups in total. The quantitative estimate of drug-likeness (QED) is 0.873. The Morgan fingerprint density at radius 3 is 2.62 bits per heavy atom. The van der Waals surface area contributed by atoms with E-state index >= 15 is 0 Å². The van der Waals surface area contributed by atoms with Crippen LogP contribution < -0.4 is 10.6 Å². The maximum Gasteiger partial charge on any atom is 0.129 e. The number of nitrogen functional groups attached to an aromatic ring is 1. The molecular weight excluding hydrogens is 258 g/mol. The van der Waals surface area contributed by atoms with E-state index in [1.165, 1.54) is 42.5 Å². The number of benzene rings is 1. The number of nitrogens with zero attached hydrogens (tertiary/aromatic N) is 2. The highest BCUT2D eigenvalue weighted by atomic mass is 15.2. The zero-order chi connectivity index (χ0) is 14.2. The summed E-state index contributed by atoms with van der Waals surface area (Å²) in [4.78, 5) is 7.39. The molecule has 1 saturated carbocycles. The Morgan fingerprint density at radius 1 is 1.05 bits per heavy atom. The molecule has 2 aliphatic rings. The fraction of sp³-hybridized carbons (Fsp3) is 0.389. The van der Waals surface area contributed by atoms with Crippen LogP contribution in [0, 0.1) is 0 Å². The Labute approximate surface area is 125 Å². The molecule has 4 rings (SSSR count). The second kappa shape index (κ2) is 5.06. The lowest BCUT2D eigenvalue weighted by Crippen LogP contribution is -2.26. The molecule has 0 bridgehead atoms. The van der Waals surface area contributed by atoms with Crippen molar-refractivity contribution in [2.75, 3.05) is 10.6 Å². The maximum atomic E-state index is 5.78. The van der Waals surface area contributed by atoms with E-state index in [4.69, 9.17) is 10.7 Å². The summed E-state index contributed by atoms with van der Waals surface area (Å²) in [5.41, 5.74) is 10.7. The first-order valence-electron chi connectivity index (χ1n) is 7.89. The summed E-state index contributed by atoms with van der Waals surface area (Å²) in [6.07, 6.45) is 6.17. The van der Waals surface area contributed by atoms with E-state index in [1.54, 1.807) is 0 Å². The molecule has 0 unspecified atom stereocenters. The van der Waals surface area contributed by atoms with Crippen molar-refractivity contribution in [3.8, 4) is 0 Å². The van der Waals surface area contributed by atoms with Gasteiger partial charge in [0.2, 0.25) is 0 Å². The zero-order valence-electron chi connectivity index (χ0n) is 12.3. The molecule has 0 saturated heterocycles. The van der Waals surface area contributed by atoms with Gasteiger partial charge in [0.25, 0.3) is 0 Å². The molecule has 0 atom stereocenters. The first kappa shape index (κ1) is 12.7. The highest BCUT2D eigenvalue weighted by molar-refractivity contribution is 5.47. The molecule has 108 valence electrons. The molecule has 2 aromatic rings. The number of aryl methyl sites for hydroxylation is 2. The monoisotopic (exact) mass is 279 g/mol. The van der Waals surface area contributed by atoms with Crippen LogP contribution in [-0.2, 0) is 19.4 Å². The number of hydrogen-bond donors (Lipinski definition) is 1. The summed E-state index contributed by atoms with van der Waals surface area (Å²) in [5, 5.41) is 0. The molecule has 0 radical (unpaired) electrons. The number of rotatable bonds is 4. The standard InChI is InChI=1S/C18H21N3/c19-15-7-4-13(5-8-15)12-21(16-9-10-16)18-11-6-14-2-1-3-17(14)20-18/h4-8,11,16H,1-3,9-10,12,19H2. The first-order valence-corrected chi connectivity index (χ1v) is 7.89. The van der Waals surface area contributed by atoms with Crippen LogP contribution in [0.1, 0.15) is 36.1 Å². The van der Waals surface area contributed by atoms with Crippen LogP contribution in [0.5, 0.6) is 0 Å². The fourth-order valence-corrected chi connectivity index (χ4v) is 3.17. The van der Waals surface area contributed by atoms with Gasteiger partial charge >= 0.3 is 0 Å². The SMILES string of the molecule is Nc1ccc(CN(c2ccc3c(n2)CCC3)C2CC2)cc1. The van der Waals surface area contributed by atoms with Gasteiger partial charge in [-0.15, -0.1) is 0 Å². The topological polar surface area (TPSA) is 42.1 Å². The van der Waals surface area contributed by atoms with Gasteiger partial charge in [-0.2, -0.15) is 0 Å². The molecule has 3 nitrogen and oxygen atoms in total.